The van der Waals surface area contributed by atoms with Gasteiger partial charge in [0.05, 0.1) is 0 Å². The molecule has 0 aliphatic heterocycles. The SMILES string of the molecule is CC(Oc1ccc(Cl)cc1/C=C/C(=O)O)C(=O)O. The van der Waals surface area contributed by atoms with Crippen molar-refractivity contribution in [2.45, 2.75) is 13.0 Å². The highest BCUT2D eigenvalue weighted by atomic mass is 35.5. The Morgan fingerprint density at radius 3 is 2.61 bits per heavy atom. The molecule has 1 rings (SSSR count). The molecule has 0 bridgehead atoms. The number of hydrogen-bond donors (Lipinski definition) is 2. The Bertz CT molecular complexity index is 495. The molecule has 0 aliphatic carbocycles. The second-order valence-electron chi connectivity index (χ2n) is 3.45. The number of carbonyl (C=O) groups is 2. The van der Waals surface area contributed by atoms with Crippen molar-refractivity contribution < 1.29 is 24.5 Å². The smallest absolute Gasteiger partial charge is 0.344 e. The quantitative estimate of drug-likeness (QED) is 0.802. The molecule has 96 valence electrons. The lowest BCUT2D eigenvalue weighted by atomic mass is 10.2. The van der Waals surface area contributed by atoms with Crippen LogP contribution in [0.25, 0.3) is 6.08 Å². The Balaban J connectivity index is 3.03. The fraction of sp³-hybridized carbons (Fsp3) is 0.167. The van der Waals surface area contributed by atoms with Crippen LogP contribution in [-0.2, 0) is 9.59 Å². The number of halogens is 1. The van der Waals surface area contributed by atoms with Gasteiger partial charge in [-0.05, 0) is 31.2 Å². The fourth-order valence-electron chi connectivity index (χ4n) is 1.16. The normalized spacial score (nSPS) is 12.3. The van der Waals surface area contributed by atoms with E-state index in [1.807, 2.05) is 0 Å². The number of rotatable bonds is 5. The topological polar surface area (TPSA) is 83.8 Å². The van der Waals surface area contributed by atoms with Crippen LogP contribution in [0.2, 0.25) is 5.02 Å². The predicted molar refractivity (Wildman–Crippen MR) is 65.8 cm³/mol. The van der Waals surface area contributed by atoms with E-state index >= 15 is 0 Å². The van der Waals surface area contributed by atoms with Crippen LogP contribution in [0, 0.1) is 0 Å². The Morgan fingerprint density at radius 2 is 2.06 bits per heavy atom. The zero-order valence-electron chi connectivity index (χ0n) is 9.46. The number of aliphatic carboxylic acids is 2. The first-order chi connectivity index (χ1) is 8.40. The molecule has 18 heavy (non-hydrogen) atoms. The molecule has 2 N–H and O–H groups in total. The minimum absolute atomic E-state index is 0.256. The largest absolute Gasteiger partial charge is 0.479 e. The van der Waals surface area contributed by atoms with E-state index in [2.05, 4.69) is 0 Å². The molecule has 1 aromatic rings. The lowest BCUT2D eigenvalue weighted by Crippen LogP contribution is -2.23. The molecule has 0 saturated heterocycles. The summed E-state index contributed by atoms with van der Waals surface area (Å²) < 4.78 is 5.19. The highest BCUT2D eigenvalue weighted by Gasteiger charge is 2.14. The molecule has 0 aromatic heterocycles. The molecule has 0 heterocycles. The molecule has 5 nitrogen and oxygen atoms in total. The number of benzene rings is 1. The molecule has 0 spiro atoms. The minimum Gasteiger partial charge on any atom is -0.479 e. The summed E-state index contributed by atoms with van der Waals surface area (Å²) in [7, 11) is 0. The van der Waals surface area contributed by atoms with Crippen LogP contribution in [0.1, 0.15) is 12.5 Å². The van der Waals surface area contributed by atoms with Crippen LogP contribution in [0.5, 0.6) is 5.75 Å². The van der Waals surface area contributed by atoms with E-state index in [1.54, 1.807) is 0 Å². The van der Waals surface area contributed by atoms with Crippen LogP contribution >= 0.6 is 11.6 Å². The summed E-state index contributed by atoms with van der Waals surface area (Å²) in [5.41, 5.74) is 0.401. The Kier molecular flexibility index (Phi) is 4.74. The molecule has 0 fully saturated rings. The maximum Gasteiger partial charge on any atom is 0.344 e. The van der Waals surface area contributed by atoms with Crippen molar-refractivity contribution in [1.29, 1.82) is 0 Å². The van der Waals surface area contributed by atoms with E-state index in [4.69, 9.17) is 26.6 Å². The van der Waals surface area contributed by atoms with E-state index in [9.17, 15) is 9.59 Å². The van der Waals surface area contributed by atoms with Gasteiger partial charge in [0.25, 0.3) is 0 Å². The molecule has 0 amide bonds. The van der Waals surface area contributed by atoms with Crippen LogP contribution < -0.4 is 4.74 Å². The minimum atomic E-state index is -1.12. The molecular weight excluding hydrogens is 260 g/mol. The van der Waals surface area contributed by atoms with Gasteiger partial charge in [0.1, 0.15) is 5.75 Å². The van der Waals surface area contributed by atoms with E-state index in [0.29, 0.717) is 10.6 Å². The third-order valence-electron chi connectivity index (χ3n) is 2.03. The van der Waals surface area contributed by atoms with Crippen LogP contribution in [0.4, 0.5) is 0 Å². The Morgan fingerprint density at radius 1 is 1.39 bits per heavy atom. The van der Waals surface area contributed by atoms with Crippen molar-refractivity contribution in [3.05, 3.63) is 34.9 Å². The van der Waals surface area contributed by atoms with Crippen molar-refractivity contribution in [2.75, 3.05) is 0 Å². The summed E-state index contributed by atoms with van der Waals surface area (Å²) in [5.74, 6) is -1.97. The van der Waals surface area contributed by atoms with Gasteiger partial charge in [-0.2, -0.15) is 0 Å². The van der Waals surface area contributed by atoms with Crippen LogP contribution in [0.3, 0.4) is 0 Å². The maximum absolute atomic E-state index is 10.7. The number of carboxylic acid groups (broad SMARTS) is 2. The number of hydrogen-bond acceptors (Lipinski definition) is 3. The van der Waals surface area contributed by atoms with Gasteiger partial charge in [-0.1, -0.05) is 11.6 Å². The third-order valence-corrected chi connectivity index (χ3v) is 2.26. The summed E-state index contributed by atoms with van der Waals surface area (Å²) in [6.45, 7) is 1.38. The first-order valence-electron chi connectivity index (χ1n) is 5.00. The maximum atomic E-state index is 10.7. The first kappa shape index (κ1) is 14.1. The second-order valence-corrected chi connectivity index (χ2v) is 3.89. The molecule has 6 heteroatoms. The van der Waals surface area contributed by atoms with Crippen molar-refractivity contribution in [1.82, 2.24) is 0 Å². The zero-order chi connectivity index (χ0) is 13.7. The summed E-state index contributed by atoms with van der Waals surface area (Å²) in [4.78, 5) is 21.1. The van der Waals surface area contributed by atoms with Gasteiger partial charge in [0.15, 0.2) is 6.10 Å². The summed E-state index contributed by atoms with van der Waals surface area (Å²) in [6.07, 6.45) is 1.17. The van der Waals surface area contributed by atoms with Crippen molar-refractivity contribution in [3.63, 3.8) is 0 Å². The van der Waals surface area contributed by atoms with Gasteiger partial charge in [0.2, 0.25) is 0 Å². The van der Waals surface area contributed by atoms with E-state index < -0.39 is 18.0 Å². The highest BCUT2D eigenvalue weighted by molar-refractivity contribution is 6.30. The van der Waals surface area contributed by atoms with Crippen molar-refractivity contribution >= 4 is 29.6 Å². The first-order valence-corrected chi connectivity index (χ1v) is 5.38. The predicted octanol–water partition coefficient (Wildman–Crippen LogP) is 2.29. The Labute approximate surface area is 108 Å². The van der Waals surface area contributed by atoms with Gasteiger partial charge < -0.3 is 14.9 Å². The van der Waals surface area contributed by atoms with E-state index in [-0.39, 0.29) is 5.75 Å². The highest BCUT2D eigenvalue weighted by Crippen LogP contribution is 2.25. The molecule has 0 saturated carbocycles. The van der Waals surface area contributed by atoms with E-state index in [1.165, 1.54) is 31.2 Å². The number of carboxylic acids is 2. The lowest BCUT2D eigenvalue weighted by molar-refractivity contribution is -0.144. The van der Waals surface area contributed by atoms with Crippen LogP contribution in [-0.4, -0.2) is 28.3 Å². The second kappa shape index (κ2) is 6.07. The monoisotopic (exact) mass is 270 g/mol. The Hall–Kier alpha value is -2.01. The number of ether oxygens (including phenoxy) is 1. The summed E-state index contributed by atoms with van der Waals surface area (Å²) in [5, 5.41) is 17.7. The molecule has 1 unspecified atom stereocenters. The molecule has 1 aromatic carbocycles. The van der Waals surface area contributed by atoms with Gasteiger partial charge in [-0.25, -0.2) is 9.59 Å². The van der Waals surface area contributed by atoms with Gasteiger partial charge >= 0.3 is 11.9 Å². The van der Waals surface area contributed by atoms with Crippen molar-refractivity contribution in [2.24, 2.45) is 0 Å². The summed E-state index contributed by atoms with van der Waals surface area (Å²) >= 11 is 5.78. The van der Waals surface area contributed by atoms with Crippen molar-refractivity contribution in [3.8, 4) is 5.75 Å². The average molecular weight is 271 g/mol. The van der Waals surface area contributed by atoms with Crippen LogP contribution in [0.15, 0.2) is 24.3 Å². The molecule has 0 radical (unpaired) electrons. The molecule has 0 aliphatic rings. The van der Waals surface area contributed by atoms with Gasteiger partial charge in [0, 0.05) is 16.7 Å². The average Bonchev–Trinajstić information content (AvgIpc) is 2.29. The fourth-order valence-corrected chi connectivity index (χ4v) is 1.34. The molecular formula is C12H11ClO5. The molecule has 1 atom stereocenters. The zero-order valence-corrected chi connectivity index (χ0v) is 10.2. The summed E-state index contributed by atoms with van der Waals surface area (Å²) in [6, 6.07) is 4.51. The van der Waals surface area contributed by atoms with E-state index in [0.717, 1.165) is 6.08 Å². The standard InChI is InChI=1S/C12H11ClO5/c1-7(12(16)17)18-10-4-3-9(13)6-8(10)2-5-11(14)15/h2-7H,1H3,(H,14,15)(H,16,17)/b5-2+. The van der Waals surface area contributed by atoms with Gasteiger partial charge in [-0.3, -0.25) is 0 Å². The van der Waals surface area contributed by atoms with Gasteiger partial charge in [-0.15, -0.1) is 0 Å². The lowest BCUT2D eigenvalue weighted by Gasteiger charge is -2.12. The third kappa shape index (κ3) is 4.10.